The Labute approximate surface area is 147 Å². The van der Waals surface area contributed by atoms with E-state index in [9.17, 15) is 14.4 Å². The van der Waals surface area contributed by atoms with Gasteiger partial charge in [0, 0.05) is 17.8 Å². The van der Waals surface area contributed by atoms with Gasteiger partial charge in [0.1, 0.15) is 0 Å². The fourth-order valence-corrected chi connectivity index (χ4v) is 3.00. The molecule has 0 bridgehead atoms. The van der Waals surface area contributed by atoms with Gasteiger partial charge in [-0.1, -0.05) is 6.58 Å². The summed E-state index contributed by atoms with van der Waals surface area (Å²) in [5.74, 6) is -1.16. The Morgan fingerprint density at radius 3 is 2.76 bits per heavy atom. The summed E-state index contributed by atoms with van der Waals surface area (Å²) in [4.78, 5) is 37.5. The minimum absolute atomic E-state index is 0.134. The molecule has 1 aliphatic heterocycles. The molecule has 0 spiro atoms. The SMILES string of the molecule is C=CC(=O)N1CCCc2cc(C(=O)NNC(=O)c3cnsn3)ccc21. The standard InChI is InChI=1S/C16H15N5O3S/c1-2-14(22)21-7-3-4-10-8-11(5-6-13(10)21)15(23)18-19-16(24)12-9-17-25-20-12/h2,5-6,8-9H,1,3-4,7H2,(H,18,23)(H,19,24). The molecule has 2 aromatic rings. The van der Waals surface area contributed by atoms with E-state index in [0.29, 0.717) is 12.1 Å². The molecule has 0 saturated carbocycles. The predicted octanol–water partition coefficient (Wildman–Crippen LogP) is 1.08. The third kappa shape index (κ3) is 3.56. The second-order valence-electron chi connectivity index (χ2n) is 5.34. The lowest BCUT2D eigenvalue weighted by Gasteiger charge is -2.28. The van der Waals surface area contributed by atoms with Crippen LogP contribution in [0, 0.1) is 0 Å². The maximum Gasteiger partial charge on any atom is 0.291 e. The molecule has 128 valence electrons. The van der Waals surface area contributed by atoms with E-state index in [4.69, 9.17) is 0 Å². The summed E-state index contributed by atoms with van der Waals surface area (Å²) in [5.41, 5.74) is 6.84. The number of carbonyl (C=O) groups is 3. The number of nitrogens with one attached hydrogen (secondary N) is 2. The van der Waals surface area contributed by atoms with Crippen LogP contribution in [-0.4, -0.2) is 33.0 Å². The van der Waals surface area contributed by atoms with E-state index in [1.807, 2.05) is 0 Å². The number of hydrogen-bond acceptors (Lipinski definition) is 6. The monoisotopic (exact) mass is 357 g/mol. The number of aromatic nitrogens is 2. The molecule has 3 amide bonds. The highest BCUT2D eigenvalue weighted by Gasteiger charge is 2.22. The summed E-state index contributed by atoms with van der Waals surface area (Å²) in [5, 5.41) is 0. The number of carbonyl (C=O) groups excluding carboxylic acids is 3. The first-order valence-electron chi connectivity index (χ1n) is 7.55. The van der Waals surface area contributed by atoms with Crippen molar-refractivity contribution >= 4 is 35.1 Å². The Kier molecular flexibility index (Phi) is 4.85. The molecule has 1 aromatic carbocycles. The van der Waals surface area contributed by atoms with Crippen LogP contribution in [0.2, 0.25) is 0 Å². The second-order valence-corrected chi connectivity index (χ2v) is 5.90. The van der Waals surface area contributed by atoms with Gasteiger partial charge in [0.25, 0.3) is 11.8 Å². The first-order valence-corrected chi connectivity index (χ1v) is 8.28. The number of fused-ring (bicyclic) bond motifs is 1. The molecule has 0 unspecified atom stereocenters. The summed E-state index contributed by atoms with van der Waals surface area (Å²) in [6, 6.07) is 5.07. The van der Waals surface area contributed by atoms with Crippen LogP contribution in [-0.2, 0) is 11.2 Å². The van der Waals surface area contributed by atoms with Gasteiger partial charge in [-0.05, 0) is 42.7 Å². The zero-order valence-electron chi connectivity index (χ0n) is 13.2. The topological polar surface area (TPSA) is 104 Å². The van der Waals surface area contributed by atoms with Crippen LogP contribution in [0.15, 0.2) is 37.1 Å². The molecule has 0 aliphatic carbocycles. The first-order chi connectivity index (χ1) is 12.1. The molecule has 2 heterocycles. The average Bonchev–Trinajstić information content (AvgIpc) is 3.19. The van der Waals surface area contributed by atoms with Gasteiger partial charge in [-0.3, -0.25) is 25.2 Å². The Balaban J connectivity index is 1.71. The van der Waals surface area contributed by atoms with Crippen molar-refractivity contribution < 1.29 is 14.4 Å². The molecule has 2 N–H and O–H groups in total. The summed E-state index contributed by atoms with van der Waals surface area (Å²) in [6.07, 6.45) is 4.17. The van der Waals surface area contributed by atoms with Crippen molar-refractivity contribution in [1.82, 2.24) is 19.6 Å². The normalized spacial score (nSPS) is 12.9. The Morgan fingerprint density at radius 1 is 1.24 bits per heavy atom. The van der Waals surface area contributed by atoms with Crippen molar-refractivity contribution in [3.05, 3.63) is 53.9 Å². The van der Waals surface area contributed by atoms with Crippen LogP contribution in [0.5, 0.6) is 0 Å². The van der Waals surface area contributed by atoms with E-state index in [1.54, 1.807) is 23.1 Å². The van der Waals surface area contributed by atoms with Crippen LogP contribution in [0.25, 0.3) is 0 Å². The first kappa shape index (κ1) is 16.8. The summed E-state index contributed by atoms with van der Waals surface area (Å²) >= 11 is 0.906. The number of hydrogen-bond donors (Lipinski definition) is 2. The minimum atomic E-state index is -0.539. The fourth-order valence-electron chi connectivity index (χ4n) is 2.59. The van der Waals surface area contributed by atoms with Crippen LogP contribution in [0.3, 0.4) is 0 Å². The van der Waals surface area contributed by atoms with E-state index >= 15 is 0 Å². The minimum Gasteiger partial charge on any atom is -0.309 e. The maximum atomic E-state index is 12.2. The largest absolute Gasteiger partial charge is 0.309 e. The number of anilines is 1. The van der Waals surface area contributed by atoms with Gasteiger partial charge in [0.15, 0.2) is 5.69 Å². The Morgan fingerprint density at radius 2 is 2.04 bits per heavy atom. The molecule has 25 heavy (non-hydrogen) atoms. The lowest BCUT2D eigenvalue weighted by Crippen LogP contribution is -2.42. The zero-order chi connectivity index (χ0) is 17.8. The fraction of sp³-hybridized carbons (Fsp3) is 0.188. The predicted molar refractivity (Wildman–Crippen MR) is 92.2 cm³/mol. The molecule has 1 aromatic heterocycles. The molecule has 8 nitrogen and oxygen atoms in total. The number of benzene rings is 1. The van der Waals surface area contributed by atoms with Crippen molar-refractivity contribution in [3.63, 3.8) is 0 Å². The summed E-state index contributed by atoms with van der Waals surface area (Å²) in [6.45, 7) is 4.14. The van der Waals surface area contributed by atoms with Crippen molar-refractivity contribution in [1.29, 1.82) is 0 Å². The molecular weight excluding hydrogens is 342 g/mol. The van der Waals surface area contributed by atoms with Crippen molar-refractivity contribution in [2.24, 2.45) is 0 Å². The smallest absolute Gasteiger partial charge is 0.291 e. The number of hydrazine groups is 1. The third-order valence-corrected chi connectivity index (χ3v) is 4.26. The highest BCUT2D eigenvalue weighted by Crippen LogP contribution is 2.28. The molecular formula is C16H15N5O3S. The summed E-state index contributed by atoms with van der Waals surface area (Å²) in [7, 11) is 0. The zero-order valence-corrected chi connectivity index (χ0v) is 14.0. The Hall–Kier alpha value is -3.07. The molecule has 0 fully saturated rings. The van der Waals surface area contributed by atoms with Crippen LogP contribution in [0.4, 0.5) is 5.69 Å². The number of amides is 3. The van der Waals surface area contributed by atoms with Crippen molar-refractivity contribution in [3.8, 4) is 0 Å². The van der Waals surface area contributed by atoms with Crippen LogP contribution >= 0.6 is 11.7 Å². The van der Waals surface area contributed by atoms with Gasteiger partial charge in [-0.15, -0.1) is 0 Å². The molecule has 1 aliphatic rings. The lowest BCUT2D eigenvalue weighted by atomic mass is 9.99. The molecule has 9 heteroatoms. The van der Waals surface area contributed by atoms with Gasteiger partial charge in [-0.2, -0.15) is 8.75 Å². The number of rotatable bonds is 3. The van der Waals surface area contributed by atoms with Crippen molar-refractivity contribution in [2.45, 2.75) is 12.8 Å². The average molecular weight is 357 g/mol. The van der Waals surface area contributed by atoms with Gasteiger partial charge < -0.3 is 4.90 Å². The number of nitrogens with zero attached hydrogens (tertiary/aromatic N) is 3. The van der Waals surface area contributed by atoms with Gasteiger partial charge in [0.2, 0.25) is 5.91 Å². The van der Waals surface area contributed by atoms with E-state index in [-0.39, 0.29) is 11.6 Å². The third-order valence-electron chi connectivity index (χ3n) is 3.78. The second kappa shape index (κ2) is 7.22. The molecule has 0 radical (unpaired) electrons. The molecule has 0 saturated heterocycles. The van der Waals surface area contributed by atoms with E-state index in [2.05, 4.69) is 26.2 Å². The number of aryl methyl sites for hydroxylation is 1. The van der Waals surface area contributed by atoms with E-state index < -0.39 is 11.8 Å². The van der Waals surface area contributed by atoms with Crippen LogP contribution < -0.4 is 15.8 Å². The molecule has 0 atom stereocenters. The van der Waals surface area contributed by atoms with Gasteiger partial charge in [0.05, 0.1) is 17.9 Å². The Bertz CT molecular complexity index is 834. The van der Waals surface area contributed by atoms with E-state index in [1.165, 1.54) is 12.3 Å². The van der Waals surface area contributed by atoms with Crippen LogP contribution in [0.1, 0.15) is 32.8 Å². The molecule has 3 rings (SSSR count). The van der Waals surface area contributed by atoms with Gasteiger partial charge >= 0.3 is 0 Å². The maximum absolute atomic E-state index is 12.2. The van der Waals surface area contributed by atoms with Crippen molar-refractivity contribution in [2.75, 3.05) is 11.4 Å². The highest BCUT2D eigenvalue weighted by molar-refractivity contribution is 6.99. The highest BCUT2D eigenvalue weighted by atomic mass is 32.1. The van der Waals surface area contributed by atoms with E-state index in [0.717, 1.165) is 35.8 Å². The quantitative estimate of drug-likeness (QED) is 0.632. The van der Waals surface area contributed by atoms with Gasteiger partial charge in [-0.25, -0.2) is 0 Å². The lowest BCUT2D eigenvalue weighted by molar-refractivity contribution is -0.114. The summed E-state index contributed by atoms with van der Waals surface area (Å²) < 4.78 is 7.50.